The summed E-state index contributed by atoms with van der Waals surface area (Å²) in [6, 6.07) is 15.6. The van der Waals surface area contributed by atoms with Crippen LogP contribution < -0.4 is 22.1 Å². The van der Waals surface area contributed by atoms with Crippen LogP contribution in [0.5, 0.6) is 0 Å². The molecule has 0 aliphatic heterocycles. The fourth-order valence-electron chi connectivity index (χ4n) is 3.33. The zero-order valence-corrected chi connectivity index (χ0v) is 19.0. The Morgan fingerprint density at radius 1 is 1.03 bits per heavy atom. The standard InChI is InChI=1S/C24H29ClN6O/c1-2-3-14-28-21(32)13-12-20-22(23(26)31-24(27)30-20)17-6-10-19(11-7-17)29-15-16-4-8-18(25)9-5-16/h4-11,29H,2-3,12-15H2,1H3,(H,28,32)(H4,26,27,30,31). The summed E-state index contributed by atoms with van der Waals surface area (Å²) in [5.74, 6) is 0.400. The molecule has 0 aliphatic rings. The number of rotatable bonds is 10. The number of unbranched alkanes of at least 4 members (excludes halogenated alkanes) is 1. The summed E-state index contributed by atoms with van der Waals surface area (Å²) in [5, 5.41) is 7.02. The topological polar surface area (TPSA) is 119 Å². The molecule has 1 amide bonds. The van der Waals surface area contributed by atoms with Crippen LogP contribution in [-0.4, -0.2) is 22.4 Å². The van der Waals surface area contributed by atoms with Crippen LogP contribution in [0.4, 0.5) is 17.5 Å². The van der Waals surface area contributed by atoms with Gasteiger partial charge in [-0.2, -0.15) is 4.98 Å². The molecule has 6 N–H and O–H groups in total. The van der Waals surface area contributed by atoms with Crippen molar-refractivity contribution in [1.29, 1.82) is 0 Å². The van der Waals surface area contributed by atoms with Gasteiger partial charge in [0.1, 0.15) is 5.82 Å². The van der Waals surface area contributed by atoms with Gasteiger partial charge in [0.2, 0.25) is 11.9 Å². The number of halogens is 1. The first kappa shape index (κ1) is 23.3. The number of nitrogens with zero attached hydrogens (tertiary/aromatic N) is 2. The van der Waals surface area contributed by atoms with E-state index >= 15 is 0 Å². The van der Waals surface area contributed by atoms with E-state index in [1.165, 1.54) is 0 Å². The van der Waals surface area contributed by atoms with Gasteiger partial charge in [0.15, 0.2) is 0 Å². The van der Waals surface area contributed by atoms with Crippen LogP contribution in [0.25, 0.3) is 11.1 Å². The second-order valence-electron chi connectivity index (χ2n) is 7.55. The zero-order chi connectivity index (χ0) is 22.9. The van der Waals surface area contributed by atoms with Crippen LogP contribution >= 0.6 is 11.6 Å². The normalized spacial score (nSPS) is 10.7. The van der Waals surface area contributed by atoms with E-state index in [9.17, 15) is 4.79 Å². The summed E-state index contributed by atoms with van der Waals surface area (Å²) in [6.07, 6.45) is 2.74. The number of nitrogens with two attached hydrogens (primary N) is 2. The molecule has 1 heterocycles. The van der Waals surface area contributed by atoms with E-state index in [0.717, 1.165) is 34.7 Å². The Bertz CT molecular complexity index is 1040. The molecule has 0 fully saturated rings. The van der Waals surface area contributed by atoms with E-state index in [4.69, 9.17) is 23.1 Å². The highest BCUT2D eigenvalue weighted by Crippen LogP contribution is 2.30. The Morgan fingerprint density at radius 3 is 2.44 bits per heavy atom. The number of aryl methyl sites for hydroxylation is 1. The van der Waals surface area contributed by atoms with Crippen molar-refractivity contribution in [3.05, 3.63) is 64.8 Å². The van der Waals surface area contributed by atoms with Gasteiger partial charge < -0.3 is 22.1 Å². The molecular weight excluding hydrogens is 424 g/mol. The summed E-state index contributed by atoms with van der Waals surface area (Å²) in [7, 11) is 0. The summed E-state index contributed by atoms with van der Waals surface area (Å²) in [5.41, 5.74) is 16.4. The zero-order valence-electron chi connectivity index (χ0n) is 18.2. The molecule has 0 aliphatic carbocycles. The first-order chi connectivity index (χ1) is 15.5. The first-order valence-electron chi connectivity index (χ1n) is 10.7. The minimum absolute atomic E-state index is 0.0121. The molecule has 0 atom stereocenters. The Balaban J connectivity index is 1.70. The van der Waals surface area contributed by atoms with Crippen molar-refractivity contribution in [2.45, 2.75) is 39.2 Å². The van der Waals surface area contributed by atoms with Crippen molar-refractivity contribution in [2.75, 3.05) is 23.3 Å². The van der Waals surface area contributed by atoms with Crippen LogP contribution in [0.3, 0.4) is 0 Å². The third-order valence-corrected chi connectivity index (χ3v) is 5.31. The number of nitrogen functional groups attached to an aromatic ring is 2. The second kappa shape index (κ2) is 11.3. The summed E-state index contributed by atoms with van der Waals surface area (Å²) in [6.45, 7) is 3.45. The predicted molar refractivity (Wildman–Crippen MR) is 131 cm³/mol. The maximum atomic E-state index is 12.1. The van der Waals surface area contributed by atoms with Crippen molar-refractivity contribution in [1.82, 2.24) is 15.3 Å². The van der Waals surface area contributed by atoms with Crippen LogP contribution in [0.2, 0.25) is 5.02 Å². The van der Waals surface area contributed by atoms with E-state index < -0.39 is 0 Å². The first-order valence-corrected chi connectivity index (χ1v) is 11.1. The third kappa shape index (κ3) is 6.59. The van der Waals surface area contributed by atoms with Crippen LogP contribution in [-0.2, 0) is 17.8 Å². The molecule has 0 saturated carbocycles. The highest BCUT2D eigenvalue weighted by atomic mass is 35.5. The quantitative estimate of drug-likeness (QED) is 0.338. The fraction of sp³-hybridized carbons (Fsp3) is 0.292. The number of amides is 1. The number of hydrogen-bond donors (Lipinski definition) is 4. The van der Waals surface area contributed by atoms with Gasteiger partial charge in [-0.05, 0) is 48.2 Å². The van der Waals surface area contributed by atoms with Crippen molar-refractivity contribution >= 4 is 35.0 Å². The molecule has 0 saturated heterocycles. The predicted octanol–water partition coefficient (Wildman–Crippen LogP) is 4.42. The maximum Gasteiger partial charge on any atom is 0.222 e. The SMILES string of the molecule is CCCCNC(=O)CCc1nc(N)nc(N)c1-c1ccc(NCc2ccc(Cl)cc2)cc1. The van der Waals surface area contributed by atoms with E-state index in [-0.39, 0.29) is 11.9 Å². The third-order valence-electron chi connectivity index (χ3n) is 5.05. The lowest BCUT2D eigenvalue weighted by atomic mass is 10.0. The average molecular weight is 453 g/mol. The minimum atomic E-state index is -0.0121. The Kier molecular flexibility index (Phi) is 8.27. The molecule has 32 heavy (non-hydrogen) atoms. The van der Waals surface area contributed by atoms with Gasteiger partial charge in [0.25, 0.3) is 0 Å². The number of nitrogens with one attached hydrogen (secondary N) is 2. The van der Waals surface area contributed by atoms with Crippen molar-refractivity contribution in [3.8, 4) is 11.1 Å². The van der Waals surface area contributed by atoms with Crippen molar-refractivity contribution in [2.24, 2.45) is 0 Å². The fourth-order valence-corrected chi connectivity index (χ4v) is 3.45. The van der Waals surface area contributed by atoms with Gasteiger partial charge in [0.05, 0.1) is 5.69 Å². The van der Waals surface area contributed by atoms with Gasteiger partial charge >= 0.3 is 0 Å². The number of carbonyl (C=O) groups is 1. The molecular formula is C24H29ClN6O. The van der Waals surface area contributed by atoms with Crippen LogP contribution in [0, 0.1) is 0 Å². The van der Waals surface area contributed by atoms with Crippen LogP contribution in [0.15, 0.2) is 48.5 Å². The molecule has 0 unspecified atom stereocenters. The molecule has 8 heteroatoms. The minimum Gasteiger partial charge on any atom is -0.383 e. The van der Waals surface area contributed by atoms with E-state index in [0.29, 0.717) is 43.0 Å². The molecule has 0 spiro atoms. The highest BCUT2D eigenvalue weighted by Gasteiger charge is 2.15. The number of carbonyl (C=O) groups excluding carboxylic acids is 1. The van der Waals surface area contributed by atoms with Crippen molar-refractivity contribution < 1.29 is 4.79 Å². The lowest BCUT2D eigenvalue weighted by Crippen LogP contribution is -2.24. The van der Waals surface area contributed by atoms with Gasteiger partial charge in [-0.1, -0.05) is 49.2 Å². The van der Waals surface area contributed by atoms with Crippen LogP contribution in [0.1, 0.15) is 37.4 Å². The molecule has 3 aromatic rings. The van der Waals surface area contributed by atoms with Gasteiger partial charge in [0, 0.05) is 35.8 Å². The smallest absolute Gasteiger partial charge is 0.222 e. The molecule has 7 nitrogen and oxygen atoms in total. The summed E-state index contributed by atoms with van der Waals surface area (Å²) < 4.78 is 0. The van der Waals surface area contributed by atoms with Gasteiger partial charge in [-0.15, -0.1) is 0 Å². The molecule has 0 bridgehead atoms. The average Bonchev–Trinajstić information content (AvgIpc) is 2.78. The summed E-state index contributed by atoms with van der Waals surface area (Å²) >= 11 is 5.94. The highest BCUT2D eigenvalue weighted by molar-refractivity contribution is 6.30. The van der Waals surface area contributed by atoms with E-state index in [1.54, 1.807) is 0 Å². The number of anilines is 3. The Labute approximate surface area is 193 Å². The Morgan fingerprint density at radius 2 is 1.75 bits per heavy atom. The molecule has 168 valence electrons. The lowest BCUT2D eigenvalue weighted by Gasteiger charge is -2.13. The number of aromatic nitrogens is 2. The maximum absolute atomic E-state index is 12.1. The monoisotopic (exact) mass is 452 g/mol. The van der Waals surface area contributed by atoms with E-state index in [2.05, 4.69) is 27.5 Å². The molecule has 2 aromatic carbocycles. The van der Waals surface area contributed by atoms with Crippen molar-refractivity contribution in [3.63, 3.8) is 0 Å². The lowest BCUT2D eigenvalue weighted by molar-refractivity contribution is -0.121. The molecule has 1 aromatic heterocycles. The molecule has 0 radical (unpaired) electrons. The Hall–Kier alpha value is -3.32. The largest absolute Gasteiger partial charge is 0.383 e. The summed E-state index contributed by atoms with van der Waals surface area (Å²) in [4.78, 5) is 20.6. The number of benzene rings is 2. The van der Waals surface area contributed by atoms with Gasteiger partial charge in [-0.3, -0.25) is 4.79 Å². The van der Waals surface area contributed by atoms with E-state index in [1.807, 2.05) is 48.5 Å². The molecule has 3 rings (SSSR count). The number of hydrogen-bond acceptors (Lipinski definition) is 6. The second-order valence-corrected chi connectivity index (χ2v) is 7.99. The van der Waals surface area contributed by atoms with Gasteiger partial charge in [-0.25, -0.2) is 4.98 Å².